The summed E-state index contributed by atoms with van der Waals surface area (Å²) in [7, 11) is 0. The van der Waals surface area contributed by atoms with Crippen LogP contribution in [0.15, 0.2) is 0 Å². The summed E-state index contributed by atoms with van der Waals surface area (Å²) in [5, 5.41) is 11.3. The van der Waals surface area contributed by atoms with Gasteiger partial charge in [0.05, 0.1) is 6.10 Å². The van der Waals surface area contributed by atoms with Gasteiger partial charge in [-0.15, -0.1) is 0 Å². The monoisotopic (exact) mass is 269 g/mol. The van der Waals surface area contributed by atoms with Crippen LogP contribution in [0.2, 0.25) is 0 Å². The van der Waals surface area contributed by atoms with E-state index in [0.29, 0.717) is 0 Å². The van der Waals surface area contributed by atoms with Crippen LogP contribution in [0.4, 0.5) is 0 Å². The molecule has 0 spiro atoms. The van der Waals surface area contributed by atoms with Gasteiger partial charge in [0.15, 0.2) is 0 Å². The molecule has 0 aromatic heterocycles. The van der Waals surface area contributed by atoms with Crippen LogP contribution in [0.3, 0.4) is 0 Å². The van der Waals surface area contributed by atoms with E-state index in [2.05, 4.69) is 4.90 Å². The Labute approximate surface area is 117 Å². The predicted molar refractivity (Wildman–Crippen MR) is 78.6 cm³/mol. The Kier molecular flexibility index (Phi) is 6.57. The first-order valence-corrected chi connectivity index (χ1v) is 8.14. The van der Waals surface area contributed by atoms with Crippen LogP contribution in [0.5, 0.6) is 0 Å². The Bertz CT molecular complexity index is 206. The van der Waals surface area contributed by atoms with Gasteiger partial charge in [-0.2, -0.15) is 0 Å². The smallest absolute Gasteiger partial charge is 0.0564 e. The molecular formula is C15H31N3O. The van der Waals surface area contributed by atoms with Crippen LogP contribution < -0.4 is 5.84 Å². The van der Waals surface area contributed by atoms with E-state index in [9.17, 15) is 5.11 Å². The molecule has 4 heteroatoms. The molecule has 0 aromatic carbocycles. The van der Waals surface area contributed by atoms with Gasteiger partial charge in [-0.1, -0.05) is 25.7 Å². The molecular weight excluding hydrogens is 238 g/mol. The van der Waals surface area contributed by atoms with E-state index in [1.807, 2.05) is 5.01 Å². The minimum Gasteiger partial charge on any atom is -0.393 e. The van der Waals surface area contributed by atoms with E-state index in [0.717, 1.165) is 44.9 Å². The second kappa shape index (κ2) is 8.20. The van der Waals surface area contributed by atoms with Gasteiger partial charge >= 0.3 is 0 Å². The van der Waals surface area contributed by atoms with Crippen LogP contribution in [-0.4, -0.2) is 53.8 Å². The highest BCUT2D eigenvalue weighted by Gasteiger charge is 2.22. The largest absolute Gasteiger partial charge is 0.393 e. The Hall–Kier alpha value is -0.160. The predicted octanol–water partition coefficient (Wildman–Crippen LogP) is 1.59. The van der Waals surface area contributed by atoms with Crippen molar-refractivity contribution in [1.82, 2.24) is 9.91 Å². The number of aliphatic hydroxyl groups excluding tert-OH is 1. The number of aliphatic hydroxyl groups is 1. The average molecular weight is 269 g/mol. The molecule has 0 bridgehead atoms. The summed E-state index contributed by atoms with van der Waals surface area (Å²) in [6.45, 7) is 5.44. The Balaban J connectivity index is 0.000000284. The first-order chi connectivity index (χ1) is 9.24. The molecule has 0 amide bonds. The lowest BCUT2D eigenvalue weighted by atomic mass is 9.96. The minimum atomic E-state index is -0.0489. The normalized spacial score (nSPS) is 27.5. The van der Waals surface area contributed by atoms with Gasteiger partial charge in [0.2, 0.25) is 0 Å². The van der Waals surface area contributed by atoms with Crippen molar-refractivity contribution >= 4 is 0 Å². The van der Waals surface area contributed by atoms with Crippen LogP contribution in [0.1, 0.15) is 51.4 Å². The molecule has 0 aromatic rings. The third-order valence-electron chi connectivity index (χ3n) is 4.72. The van der Waals surface area contributed by atoms with E-state index in [4.69, 9.17) is 5.84 Å². The summed E-state index contributed by atoms with van der Waals surface area (Å²) in [6, 6.07) is 0. The first-order valence-electron chi connectivity index (χ1n) is 8.14. The first kappa shape index (κ1) is 15.2. The molecule has 2 aliphatic heterocycles. The van der Waals surface area contributed by atoms with Gasteiger partial charge in [-0.25, -0.2) is 5.01 Å². The Morgan fingerprint density at radius 1 is 0.842 bits per heavy atom. The molecule has 19 heavy (non-hydrogen) atoms. The lowest BCUT2D eigenvalue weighted by Crippen LogP contribution is -2.44. The maximum Gasteiger partial charge on any atom is 0.0564 e. The maximum absolute atomic E-state index is 9.42. The Morgan fingerprint density at radius 3 is 1.84 bits per heavy atom. The van der Waals surface area contributed by atoms with Gasteiger partial charge in [0, 0.05) is 32.7 Å². The fourth-order valence-corrected chi connectivity index (χ4v) is 2.85. The molecule has 3 rings (SSSR count). The quantitative estimate of drug-likeness (QED) is 0.748. The number of piperidine rings is 2. The fraction of sp³-hybridized carbons (Fsp3) is 1.00. The van der Waals surface area contributed by atoms with Crippen LogP contribution in [0, 0.1) is 5.92 Å². The van der Waals surface area contributed by atoms with Gasteiger partial charge < -0.3 is 10.0 Å². The number of likely N-dealkylation sites (tertiary alicyclic amines) is 1. The van der Waals surface area contributed by atoms with Crippen molar-refractivity contribution in [2.24, 2.45) is 11.8 Å². The maximum atomic E-state index is 9.42. The number of hydrogen-bond acceptors (Lipinski definition) is 4. The van der Waals surface area contributed by atoms with E-state index in [1.54, 1.807) is 0 Å². The number of rotatable bonds is 2. The van der Waals surface area contributed by atoms with Crippen molar-refractivity contribution in [1.29, 1.82) is 0 Å². The molecule has 0 atom stereocenters. The summed E-state index contributed by atoms with van der Waals surface area (Å²) >= 11 is 0. The van der Waals surface area contributed by atoms with Gasteiger partial charge in [0.25, 0.3) is 0 Å². The zero-order valence-electron chi connectivity index (χ0n) is 12.3. The van der Waals surface area contributed by atoms with Crippen molar-refractivity contribution in [3.63, 3.8) is 0 Å². The highest BCUT2D eigenvalue weighted by molar-refractivity contribution is 4.76. The minimum absolute atomic E-state index is 0.0489. The van der Waals surface area contributed by atoms with E-state index in [1.165, 1.54) is 45.1 Å². The topological polar surface area (TPSA) is 52.7 Å². The molecule has 2 heterocycles. The Morgan fingerprint density at radius 2 is 1.37 bits per heavy atom. The van der Waals surface area contributed by atoms with Gasteiger partial charge in [0.1, 0.15) is 0 Å². The summed E-state index contributed by atoms with van der Waals surface area (Å²) in [5.41, 5.74) is 0. The molecule has 0 radical (unpaired) electrons. The molecule has 0 unspecified atom stereocenters. The molecule has 3 fully saturated rings. The van der Waals surface area contributed by atoms with Crippen molar-refractivity contribution < 1.29 is 5.11 Å². The summed E-state index contributed by atoms with van der Waals surface area (Å²) in [5.74, 6) is 6.55. The lowest BCUT2D eigenvalue weighted by Gasteiger charge is -2.35. The highest BCUT2D eigenvalue weighted by Crippen LogP contribution is 2.19. The molecule has 1 aliphatic carbocycles. The number of nitrogens with zero attached hydrogens (tertiary/aromatic N) is 2. The average Bonchev–Trinajstić information content (AvgIpc) is 2.33. The van der Waals surface area contributed by atoms with E-state index < -0.39 is 0 Å². The SMILES string of the molecule is C1CCC1.NN1CCC(CN2CCC(O)CC2)CC1. The van der Waals surface area contributed by atoms with Gasteiger partial charge in [-0.05, 0) is 31.6 Å². The standard InChI is InChI=1S/C11H23N3O.C4H8/c12-14-7-1-10(2-8-14)9-13-5-3-11(15)4-6-13;1-2-4-3-1/h10-11,15H,1-9,12H2;1-4H2. The summed E-state index contributed by atoms with van der Waals surface area (Å²) in [6.07, 6.45) is 10.3. The molecule has 4 nitrogen and oxygen atoms in total. The lowest BCUT2D eigenvalue weighted by molar-refractivity contribution is 0.0651. The van der Waals surface area contributed by atoms with E-state index in [-0.39, 0.29) is 6.10 Å². The zero-order chi connectivity index (χ0) is 13.5. The molecule has 1 saturated carbocycles. The van der Waals surface area contributed by atoms with Crippen molar-refractivity contribution in [3.8, 4) is 0 Å². The molecule has 112 valence electrons. The second-order valence-corrected chi connectivity index (χ2v) is 6.43. The highest BCUT2D eigenvalue weighted by atomic mass is 16.3. The zero-order valence-corrected chi connectivity index (χ0v) is 12.3. The van der Waals surface area contributed by atoms with Crippen LogP contribution in [0.25, 0.3) is 0 Å². The third-order valence-corrected chi connectivity index (χ3v) is 4.72. The van der Waals surface area contributed by atoms with Gasteiger partial charge in [-0.3, -0.25) is 5.84 Å². The number of hydrazine groups is 1. The fourth-order valence-electron chi connectivity index (χ4n) is 2.85. The van der Waals surface area contributed by atoms with Crippen LogP contribution in [-0.2, 0) is 0 Å². The molecule has 3 N–H and O–H groups in total. The van der Waals surface area contributed by atoms with Crippen molar-refractivity contribution in [3.05, 3.63) is 0 Å². The van der Waals surface area contributed by atoms with Crippen molar-refractivity contribution in [2.45, 2.75) is 57.5 Å². The molecule has 2 saturated heterocycles. The number of hydrogen-bond donors (Lipinski definition) is 2. The summed E-state index contributed by atoms with van der Waals surface area (Å²) in [4.78, 5) is 2.50. The number of nitrogens with two attached hydrogens (primary N) is 1. The van der Waals surface area contributed by atoms with E-state index >= 15 is 0 Å². The van der Waals surface area contributed by atoms with Crippen LogP contribution >= 0.6 is 0 Å². The second-order valence-electron chi connectivity index (χ2n) is 6.43. The molecule has 3 aliphatic rings. The summed E-state index contributed by atoms with van der Waals surface area (Å²) < 4.78 is 0. The van der Waals surface area contributed by atoms with Crippen molar-refractivity contribution in [2.75, 3.05) is 32.7 Å². The third kappa shape index (κ3) is 5.78.